The van der Waals surface area contributed by atoms with E-state index in [1.54, 1.807) is 0 Å². The molecule has 0 aromatic heterocycles. The second-order valence-corrected chi connectivity index (χ2v) is 4.84. The van der Waals surface area contributed by atoms with Crippen molar-refractivity contribution >= 4 is 0 Å². The van der Waals surface area contributed by atoms with E-state index in [4.69, 9.17) is 0 Å². The Kier molecular flexibility index (Phi) is 6.32. The van der Waals surface area contributed by atoms with Gasteiger partial charge < -0.3 is 5.11 Å². The summed E-state index contributed by atoms with van der Waals surface area (Å²) in [6.45, 7) is 0. The van der Waals surface area contributed by atoms with Crippen LogP contribution in [0.25, 0.3) is 0 Å². The zero-order chi connectivity index (χ0) is 14.8. The van der Waals surface area contributed by atoms with Crippen LogP contribution in [-0.4, -0.2) is 5.11 Å². The maximum Gasteiger partial charge on any atom is 0.0971 e. The average Bonchev–Trinajstić information content (AvgIpc) is 2.55. The Morgan fingerprint density at radius 3 is 2.33 bits per heavy atom. The smallest absolute Gasteiger partial charge is 0.0971 e. The molecule has 0 saturated heterocycles. The summed E-state index contributed by atoms with van der Waals surface area (Å²) in [5.41, 5.74) is 1.99. The van der Waals surface area contributed by atoms with E-state index in [9.17, 15) is 5.11 Å². The number of hydrogen-bond acceptors (Lipinski definition) is 1. The number of hydrogen-bond donors (Lipinski definition) is 1. The Labute approximate surface area is 127 Å². The van der Waals surface area contributed by atoms with Gasteiger partial charge in [-0.3, -0.25) is 0 Å². The number of aliphatic hydroxyl groups is 1. The minimum atomic E-state index is -0.512. The molecule has 2 aromatic rings. The average molecular weight is 276 g/mol. The summed E-state index contributed by atoms with van der Waals surface area (Å²) < 4.78 is 0. The first-order valence-electron chi connectivity index (χ1n) is 7.30. The molecule has 1 N–H and O–H groups in total. The number of benzene rings is 2. The maximum atomic E-state index is 9.96. The van der Waals surface area contributed by atoms with Crippen LogP contribution in [0.1, 0.15) is 36.5 Å². The van der Waals surface area contributed by atoms with Crippen LogP contribution in [0.15, 0.2) is 72.8 Å². The van der Waals surface area contributed by atoms with E-state index in [0.717, 1.165) is 30.4 Å². The Balaban J connectivity index is 1.68. The summed E-state index contributed by atoms with van der Waals surface area (Å²) in [4.78, 5) is 0. The lowest BCUT2D eigenvalue weighted by molar-refractivity contribution is 0.228. The van der Waals surface area contributed by atoms with Crippen LogP contribution in [0, 0.1) is 11.8 Å². The highest BCUT2D eigenvalue weighted by atomic mass is 16.3. The molecule has 21 heavy (non-hydrogen) atoms. The van der Waals surface area contributed by atoms with Crippen molar-refractivity contribution in [1.29, 1.82) is 0 Å². The van der Waals surface area contributed by atoms with Crippen LogP contribution in [0.4, 0.5) is 0 Å². The lowest BCUT2D eigenvalue weighted by atomic mass is 10.1. The Bertz CT molecular complexity index is 603. The third-order valence-corrected chi connectivity index (χ3v) is 3.14. The molecule has 1 atom stereocenters. The number of aliphatic hydroxyl groups excluding tert-OH is 1. The van der Waals surface area contributed by atoms with Crippen molar-refractivity contribution in [3.05, 3.63) is 83.9 Å². The lowest BCUT2D eigenvalue weighted by Gasteiger charge is -2.04. The normalized spacial score (nSPS) is 11.9. The van der Waals surface area contributed by atoms with E-state index in [1.165, 1.54) is 0 Å². The fourth-order valence-electron chi connectivity index (χ4n) is 1.98. The third kappa shape index (κ3) is 5.69. The van der Waals surface area contributed by atoms with Crippen molar-refractivity contribution in [1.82, 2.24) is 0 Å². The van der Waals surface area contributed by atoms with Crippen molar-refractivity contribution in [2.24, 2.45) is 0 Å². The number of rotatable bonds is 5. The van der Waals surface area contributed by atoms with E-state index in [0.29, 0.717) is 0 Å². The van der Waals surface area contributed by atoms with Crippen LogP contribution in [0.5, 0.6) is 0 Å². The molecule has 0 aliphatic rings. The zero-order valence-corrected chi connectivity index (χ0v) is 12.1. The Morgan fingerprint density at radius 1 is 0.952 bits per heavy atom. The van der Waals surface area contributed by atoms with Gasteiger partial charge in [-0.05, 0) is 30.5 Å². The van der Waals surface area contributed by atoms with Crippen molar-refractivity contribution in [2.45, 2.75) is 25.4 Å². The molecule has 0 aliphatic heterocycles. The van der Waals surface area contributed by atoms with Gasteiger partial charge in [0.2, 0.25) is 0 Å². The first kappa shape index (κ1) is 15.1. The SMILES string of the molecule is O[C@H](/C=C/CCCC#Cc1ccccc1)c1ccccc1. The molecule has 106 valence electrons. The van der Waals surface area contributed by atoms with Gasteiger partial charge in [0.1, 0.15) is 0 Å². The van der Waals surface area contributed by atoms with Crippen molar-refractivity contribution < 1.29 is 5.11 Å². The van der Waals surface area contributed by atoms with Crippen molar-refractivity contribution in [3.8, 4) is 11.8 Å². The second-order valence-electron chi connectivity index (χ2n) is 4.84. The molecule has 1 nitrogen and oxygen atoms in total. The van der Waals surface area contributed by atoms with Crippen molar-refractivity contribution in [2.75, 3.05) is 0 Å². The van der Waals surface area contributed by atoms with Crippen molar-refractivity contribution in [3.63, 3.8) is 0 Å². The molecule has 0 radical (unpaired) electrons. The summed E-state index contributed by atoms with van der Waals surface area (Å²) in [5.74, 6) is 6.32. The van der Waals surface area contributed by atoms with E-state index < -0.39 is 6.10 Å². The first-order valence-corrected chi connectivity index (χ1v) is 7.30. The molecule has 0 spiro atoms. The molecular weight excluding hydrogens is 256 g/mol. The summed E-state index contributed by atoms with van der Waals surface area (Å²) in [6.07, 6.45) is 6.19. The topological polar surface area (TPSA) is 20.2 Å². The van der Waals surface area contributed by atoms with Gasteiger partial charge in [0.15, 0.2) is 0 Å². The van der Waals surface area contributed by atoms with Crippen LogP contribution in [0.2, 0.25) is 0 Å². The summed E-state index contributed by atoms with van der Waals surface area (Å²) >= 11 is 0. The second kappa shape index (κ2) is 8.79. The summed E-state index contributed by atoms with van der Waals surface area (Å²) in [7, 11) is 0. The Hall–Kier alpha value is -2.30. The highest BCUT2D eigenvalue weighted by Crippen LogP contribution is 2.13. The van der Waals surface area contributed by atoms with Gasteiger partial charge >= 0.3 is 0 Å². The minimum absolute atomic E-state index is 0.512. The molecule has 2 rings (SSSR count). The first-order chi connectivity index (χ1) is 10.4. The predicted octanol–water partition coefficient (Wildman–Crippen LogP) is 4.50. The molecule has 0 saturated carbocycles. The van der Waals surface area contributed by atoms with Crippen LogP contribution in [0.3, 0.4) is 0 Å². The fourth-order valence-corrected chi connectivity index (χ4v) is 1.98. The summed E-state index contributed by atoms with van der Waals surface area (Å²) in [5, 5.41) is 9.96. The molecule has 0 bridgehead atoms. The maximum absolute atomic E-state index is 9.96. The quantitative estimate of drug-likeness (QED) is 0.484. The molecule has 0 amide bonds. The highest BCUT2D eigenvalue weighted by molar-refractivity contribution is 5.33. The molecule has 0 aliphatic carbocycles. The van der Waals surface area contributed by atoms with E-state index in [-0.39, 0.29) is 0 Å². The zero-order valence-electron chi connectivity index (χ0n) is 12.1. The number of allylic oxidation sites excluding steroid dienone is 1. The van der Waals surface area contributed by atoms with Crippen LogP contribution in [-0.2, 0) is 0 Å². The van der Waals surface area contributed by atoms with Gasteiger partial charge in [0.25, 0.3) is 0 Å². The molecule has 0 unspecified atom stereocenters. The largest absolute Gasteiger partial charge is 0.384 e. The molecular formula is C20H20O. The van der Waals surface area contributed by atoms with Gasteiger partial charge in [0.05, 0.1) is 6.10 Å². The van der Waals surface area contributed by atoms with Gasteiger partial charge in [-0.2, -0.15) is 0 Å². The summed E-state index contributed by atoms with van der Waals surface area (Å²) in [6, 6.07) is 19.7. The van der Waals surface area contributed by atoms with Gasteiger partial charge in [-0.15, -0.1) is 0 Å². The van der Waals surface area contributed by atoms with E-state index in [1.807, 2.05) is 72.8 Å². The predicted molar refractivity (Wildman–Crippen MR) is 87.7 cm³/mol. The molecule has 2 aromatic carbocycles. The van der Waals surface area contributed by atoms with Crippen LogP contribution >= 0.6 is 0 Å². The molecule has 0 heterocycles. The molecule has 0 fully saturated rings. The van der Waals surface area contributed by atoms with Gasteiger partial charge in [0, 0.05) is 12.0 Å². The van der Waals surface area contributed by atoms with Gasteiger partial charge in [-0.25, -0.2) is 0 Å². The monoisotopic (exact) mass is 276 g/mol. The van der Waals surface area contributed by atoms with E-state index in [2.05, 4.69) is 11.8 Å². The van der Waals surface area contributed by atoms with Gasteiger partial charge in [-0.1, -0.05) is 72.5 Å². The molecule has 1 heteroatoms. The Morgan fingerprint density at radius 2 is 1.62 bits per heavy atom. The minimum Gasteiger partial charge on any atom is -0.384 e. The van der Waals surface area contributed by atoms with E-state index >= 15 is 0 Å². The third-order valence-electron chi connectivity index (χ3n) is 3.14. The van der Waals surface area contributed by atoms with Crippen LogP contribution < -0.4 is 0 Å². The standard InChI is InChI=1S/C20H20O/c21-20(19-15-9-5-10-16-19)17-11-3-1-2-6-12-18-13-7-4-8-14-18/h4-5,7-11,13-17,20-21H,1-3H2/b17-11+/t20-/m1/s1. The highest BCUT2D eigenvalue weighted by Gasteiger charge is 2.00. The fraction of sp³-hybridized carbons (Fsp3) is 0.200. The lowest BCUT2D eigenvalue weighted by Crippen LogP contribution is -1.91. The number of unbranched alkanes of at least 4 members (excludes halogenated alkanes) is 2.